The number of allylic oxidation sites excluding steroid dienone is 2. The van der Waals surface area contributed by atoms with Crippen LogP contribution in [0, 0.1) is 0 Å². The van der Waals surface area contributed by atoms with Crippen LogP contribution in [0.2, 0.25) is 0 Å². The van der Waals surface area contributed by atoms with Gasteiger partial charge in [-0.15, -0.1) is 11.8 Å². The van der Waals surface area contributed by atoms with Crippen LogP contribution in [0.3, 0.4) is 0 Å². The lowest BCUT2D eigenvalue weighted by atomic mass is 10.0. The lowest BCUT2D eigenvalue weighted by molar-refractivity contribution is 0.719. The summed E-state index contributed by atoms with van der Waals surface area (Å²) in [7, 11) is 1.93. The predicted octanol–water partition coefficient (Wildman–Crippen LogP) is 4.72. The molecular formula is C16H23NS. The van der Waals surface area contributed by atoms with Gasteiger partial charge in [-0.05, 0) is 55.2 Å². The normalized spacial score (nSPS) is 10.1. The quantitative estimate of drug-likeness (QED) is 0.537. The number of nitrogens with one attached hydrogen (secondary N) is 1. The summed E-state index contributed by atoms with van der Waals surface area (Å²) in [5.41, 5.74) is 3.61. The van der Waals surface area contributed by atoms with Crippen LogP contribution in [0.1, 0.15) is 31.2 Å². The zero-order chi connectivity index (χ0) is 13.4. The molecule has 0 saturated carbocycles. The number of rotatable bonds is 8. The van der Waals surface area contributed by atoms with E-state index in [2.05, 4.69) is 49.0 Å². The van der Waals surface area contributed by atoms with Crippen molar-refractivity contribution in [1.82, 2.24) is 5.32 Å². The van der Waals surface area contributed by atoms with E-state index >= 15 is 0 Å². The molecular weight excluding hydrogens is 238 g/mol. The highest BCUT2D eigenvalue weighted by Crippen LogP contribution is 2.22. The Morgan fingerprint density at radius 1 is 1.11 bits per heavy atom. The Hall–Kier alpha value is -1.15. The minimum Gasteiger partial charge on any atom is -0.392 e. The molecule has 1 aromatic carbocycles. The number of benzene rings is 1. The standard InChI is InChI=1S/C16H23NS/c1-13(7-5-6-8-14(2)17-3)15-9-11-16(18-4)12-10-15/h9-12,17H,1-2,5-8H2,3-4H3. The van der Waals surface area contributed by atoms with Gasteiger partial charge >= 0.3 is 0 Å². The molecule has 1 aromatic rings. The average Bonchev–Trinajstić information content (AvgIpc) is 2.43. The molecule has 0 aromatic heterocycles. The molecule has 0 aliphatic heterocycles. The lowest BCUT2D eigenvalue weighted by Gasteiger charge is -2.08. The van der Waals surface area contributed by atoms with Gasteiger partial charge in [-0.25, -0.2) is 0 Å². The van der Waals surface area contributed by atoms with Crippen LogP contribution in [0.4, 0.5) is 0 Å². The molecule has 1 rings (SSSR count). The molecule has 18 heavy (non-hydrogen) atoms. The van der Waals surface area contributed by atoms with Crippen molar-refractivity contribution in [2.75, 3.05) is 13.3 Å². The van der Waals surface area contributed by atoms with E-state index in [1.54, 1.807) is 11.8 Å². The van der Waals surface area contributed by atoms with Crippen molar-refractivity contribution in [3.05, 3.63) is 48.7 Å². The molecule has 0 amide bonds. The topological polar surface area (TPSA) is 12.0 Å². The van der Waals surface area contributed by atoms with Gasteiger partial charge in [-0.3, -0.25) is 0 Å². The molecule has 0 bridgehead atoms. The fourth-order valence-corrected chi connectivity index (χ4v) is 2.18. The maximum absolute atomic E-state index is 4.17. The van der Waals surface area contributed by atoms with Crippen LogP contribution in [0.15, 0.2) is 48.0 Å². The van der Waals surface area contributed by atoms with E-state index < -0.39 is 0 Å². The summed E-state index contributed by atoms with van der Waals surface area (Å²) in [6, 6.07) is 8.66. The third-order valence-corrected chi connectivity index (χ3v) is 3.80. The summed E-state index contributed by atoms with van der Waals surface area (Å²) in [5, 5.41) is 3.08. The first-order valence-corrected chi connectivity index (χ1v) is 7.57. The average molecular weight is 261 g/mol. The molecule has 0 saturated heterocycles. The van der Waals surface area contributed by atoms with Crippen molar-refractivity contribution in [2.24, 2.45) is 0 Å². The zero-order valence-corrected chi connectivity index (χ0v) is 12.3. The molecule has 0 heterocycles. The smallest absolute Gasteiger partial charge is 0.00695 e. The predicted molar refractivity (Wildman–Crippen MR) is 83.9 cm³/mol. The van der Waals surface area contributed by atoms with E-state index in [0.29, 0.717) is 0 Å². The van der Waals surface area contributed by atoms with E-state index in [9.17, 15) is 0 Å². The van der Waals surface area contributed by atoms with Gasteiger partial charge in [0.25, 0.3) is 0 Å². The fraction of sp³-hybridized carbons (Fsp3) is 0.375. The minimum absolute atomic E-state index is 1.05. The van der Waals surface area contributed by atoms with Crippen LogP contribution < -0.4 is 5.32 Å². The van der Waals surface area contributed by atoms with Gasteiger partial charge in [-0.1, -0.05) is 25.3 Å². The molecule has 1 N–H and O–H groups in total. The minimum atomic E-state index is 1.05. The monoisotopic (exact) mass is 261 g/mol. The number of unbranched alkanes of at least 4 members (excludes halogenated alkanes) is 1. The summed E-state index contributed by atoms with van der Waals surface area (Å²) in [6.45, 7) is 8.10. The zero-order valence-electron chi connectivity index (χ0n) is 11.5. The number of hydrogen-bond donors (Lipinski definition) is 1. The maximum atomic E-state index is 4.17. The molecule has 0 atom stereocenters. The first-order chi connectivity index (χ1) is 8.67. The van der Waals surface area contributed by atoms with Crippen molar-refractivity contribution in [3.63, 3.8) is 0 Å². The van der Waals surface area contributed by atoms with Crippen LogP contribution in [0.25, 0.3) is 5.57 Å². The summed E-state index contributed by atoms with van der Waals surface area (Å²) in [6.07, 6.45) is 6.55. The summed E-state index contributed by atoms with van der Waals surface area (Å²) >= 11 is 1.77. The molecule has 98 valence electrons. The highest BCUT2D eigenvalue weighted by atomic mass is 32.2. The second-order valence-corrected chi connectivity index (χ2v) is 5.27. The van der Waals surface area contributed by atoms with Gasteiger partial charge < -0.3 is 5.32 Å². The van der Waals surface area contributed by atoms with Gasteiger partial charge in [0.05, 0.1) is 0 Å². The van der Waals surface area contributed by atoms with Gasteiger partial charge in [0.2, 0.25) is 0 Å². The molecule has 0 radical (unpaired) electrons. The Balaban J connectivity index is 2.33. The van der Waals surface area contributed by atoms with Gasteiger partial charge in [-0.2, -0.15) is 0 Å². The third kappa shape index (κ3) is 5.01. The second kappa shape index (κ2) is 8.04. The highest BCUT2D eigenvalue weighted by molar-refractivity contribution is 7.98. The number of hydrogen-bond acceptors (Lipinski definition) is 2. The first kappa shape index (κ1) is 14.9. The van der Waals surface area contributed by atoms with Gasteiger partial charge in [0, 0.05) is 17.6 Å². The van der Waals surface area contributed by atoms with Crippen LogP contribution in [-0.4, -0.2) is 13.3 Å². The van der Waals surface area contributed by atoms with E-state index in [1.165, 1.54) is 28.9 Å². The van der Waals surface area contributed by atoms with Crippen molar-refractivity contribution in [2.45, 2.75) is 30.6 Å². The number of thioether (sulfide) groups is 1. The Kier molecular flexibility index (Phi) is 6.66. The molecule has 1 nitrogen and oxygen atoms in total. The van der Waals surface area contributed by atoms with Crippen LogP contribution in [0.5, 0.6) is 0 Å². The second-order valence-electron chi connectivity index (χ2n) is 4.39. The molecule has 0 fully saturated rings. The third-order valence-electron chi connectivity index (χ3n) is 3.06. The molecule has 2 heteroatoms. The first-order valence-electron chi connectivity index (χ1n) is 6.35. The summed E-state index contributed by atoms with van der Waals surface area (Å²) in [4.78, 5) is 1.30. The lowest BCUT2D eigenvalue weighted by Crippen LogP contribution is -2.03. The van der Waals surface area contributed by atoms with E-state index in [1.807, 2.05) is 7.05 Å². The van der Waals surface area contributed by atoms with Crippen molar-refractivity contribution in [1.29, 1.82) is 0 Å². The van der Waals surface area contributed by atoms with Crippen LogP contribution >= 0.6 is 11.8 Å². The SMILES string of the molecule is C=C(CCCCC(=C)c1ccc(SC)cc1)NC. The molecule has 0 unspecified atom stereocenters. The Labute approximate surface area is 115 Å². The van der Waals surface area contributed by atoms with Crippen molar-refractivity contribution >= 4 is 17.3 Å². The van der Waals surface area contributed by atoms with Gasteiger partial charge in [0.15, 0.2) is 0 Å². The summed E-state index contributed by atoms with van der Waals surface area (Å²) in [5.74, 6) is 0. The van der Waals surface area contributed by atoms with E-state index in [-0.39, 0.29) is 0 Å². The van der Waals surface area contributed by atoms with E-state index in [4.69, 9.17) is 0 Å². The largest absolute Gasteiger partial charge is 0.392 e. The van der Waals surface area contributed by atoms with Crippen molar-refractivity contribution < 1.29 is 0 Å². The highest BCUT2D eigenvalue weighted by Gasteiger charge is 2.00. The van der Waals surface area contributed by atoms with Crippen molar-refractivity contribution in [3.8, 4) is 0 Å². The molecule has 0 aliphatic rings. The molecule has 0 spiro atoms. The summed E-state index contributed by atoms with van der Waals surface area (Å²) < 4.78 is 0. The van der Waals surface area contributed by atoms with Gasteiger partial charge in [0.1, 0.15) is 0 Å². The van der Waals surface area contributed by atoms with E-state index in [0.717, 1.165) is 18.5 Å². The Morgan fingerprint density at radius 3 is 2.28 bits per heavy atom. The molecule has 0 aliphatic carbocycles. The fourth-order valence-electron chi connectivity index (χ4n) is 1.77. The van der Waals surface area contributed by atoms with Crippen LogP contribution in [-0.2, 0) is 0 Å². The Morgan fingerprint density at radius 2 is 1.72 bits per heavy atom. The maximum Gasteiger partial charge on any atom is 0.00695 e. The Bertz CT molecular complexity index is 392.